The largest absolute Gasteiger partial charge is 0.484 e. The lowest BCUT2D eigenvalue weighted by Gasteiger charge is -2.15. The third-order valence-electron chi connectivity index (χ3n) is 5.08. The van der Waals surface area contributed by atoms with Gasteiger partial charge in [-0.3, -0.25) is 19.8 Å². The quantitative estimate of drug-likeness (QED) is 0.318. The van der Waals surface area contributed by atoms with Crippen molar-refractivity contribution in [3.05, 3.63) is 99.4 Å². The number of ether oxygens (including phenoxy) is 1. The molecule has 0 atom stereocenters. The smallest absolute Gasteiger partial charge is 0.285 e. The number of thiocarbonyl (C=S) groups is 1. The maximum absolute atomic E-state index is 12.8. The lowest BCUT2D eigenvalue weighted by molar-refractivity contribution is -0.123. The van der Waals surface area contributed by atoms with E-state index in [9.17, 15) is 14.4 Å². The average Bonchev–Trinajstić information content (AvgIpc) is 3.12. The standard InChI is InChI=1S/C26H20ClN3O4S2/c1-16-4-2-3-5-21(16)28-23(31)15-34-20-12-6-17(7-13-20)14-22-25(33)30(26(35)36-22)29-24(32)18-8-10-19(27)11-9-18/h2-14H,15H2,1H3,(H,28,31)(H,29,32)/b22-14-. The Hall–Kier alpha value is -3.66. The summed E-state index contributed by atoms with van der Waals surface area (Å²) < 4.78 is 5.78. The zero-order valence-electron chi connectivity index (χ0n) is 19.0. The number of hydrogen-bond acceptors (Lipinski definition) is 6. The lowest BCUT2D eigenvalue weighted by Crippen LogP contribution is -2.44. The third-order valence-corrected chi connectivity index (χ3v) is 6.63. The predicted molar refractivity (Wildman–Crippen MR) is 146 cm³/mol. The van der Waals surface area contributed by atoms with E-state index in [2.05, 4.69) is 10.7 Å². The molecule has 1 saturated heterocycles. The van der Waals surface area contributed by atoms with Gasteiger partial charge in [0.05, 0.1) is 4.91 Å². The molecule has 0 aromatic heterocycles. The second-order valence-corrected chi connectivity index (χ2v) is 9.80. The van der Waals surface area contributed by atoms with Crippen LogP contribution in [0.4, 0.5) is 5.69 Å². The Morgan fingerprint density at radius 2 is 1.75 bits per heavy atom. The van der Waals surface area contributed by atoms with Crippen LogP contribution >= 0.6 is 35.6 Å². The van der Waals surface area contributed by atoms with E-state index in [1.165, 1.54) is 0 Å². The number of anilines is 1. The first-order valence-electron chi connectivity index (χ1n) is 10.7. The summed E-state index contributed by atoms with van der Waals surface area (Å²) >= 11 is 12.2. The Labute approximate surface area is 222 Å². The fourth-order valence-corrected chi connectivity index (χ4v) is 4.50. The minimum absolute atomic E-state index is 0.139. The summed E-state index contributed by atoms with van der Waals surface area (Å²) in [6, 6.07) is 20.7. The van der Waals surface area contributed by atoms with Crippen LogP contribution in [-0.2, 0) is 9.59 Å². The van der Waals surface area contributed by atoms with Gasteiger partial charge in [-0.25, -0.2) is 0 Å². The average molecular weight is 538 g/mol. The van der Waals surface area contributed by atoms with E-state index in [0.29, 0.717) is 21.2 Å². The molecule has 3 aromatic rings. The monoisotopic (exact) mass is 537 g/mol. The van der Waals surface area contributed by atoms with Crippen LogP contribution in [0.15, 0.2) is 77.7 Å². The second kappa shape index (κ2) is 11.4. The fourth-order valence-electron chi connectivity index (χ4n) is 3.19. The number of aryl methyl sites for hydroxylation is 1. The number of halogens is 1. The van der Waals surface area contributed by atoms with E-state index >= 15 is 0 Å². The third kappa shape index (κ3) is 6.31. The van der Waals surface area contributed by atoms with Crippen molar-refractivity contribution in [2.45, 2.75) is 6.92 Å². The number of hydrogen-bond donors (Lipinski definition) is 2. The van der Waals surface area contributed by atoms with Gasteiger partial charge in [0.1, 0.15) is 5.75 Å². The SMILES string of the molecule is Cc1ccccc1NC(=O)COc1ccc(/C=C2\SC(=S)N(NC(=O)c3ccc(Cl)cc3)C2=O)cc1. The van der Waals surface area contributed by atoms with E-state index in [1.54, 1.807) is 54.6 Å². The molecule has 3 aromatic carbocycles. The van der Waals surface area contributed by atoms with Crippen LogP contribution in [0.2, 0.25) is 5.02 Å². The van der Waals surface area contributed by atoms with Crippen LogP contribution in [0.1, 0.15) is 21.5 Å². The summed E-state index contributed by atoms with van der Waals surface area (Å²) in [5.41, 5.74) is 5.31. The van der Waals surface area contributed by atoms with Gasteiger partial charge in [0.25, 0.3) is 17.7 Å². The van der Waals surface area contributed by atoms with E-state index in [0.717, 1.165) is 33.6 Å². The molecule has 2 N–H and O–H groups in total. The molecular weight excluding hydrogens is 518 g/mol. The number of nitrogens with zero attached hydrogens (tertiary/aromatic N) is 1. The highest BCUT2D eigenvalue weighted by molar-refractivity contribution is 8.26. The molecule has 1 fully saturated rings. The normalized spacial score (nSPS) is 14.2. The van der Waals surface area contributed by atoms with Crippen molar-refractivity contribution < 1.29 is 19.1 Å². The molecule has 0 bridgehead atoms. The molecule has 1 aliphatic rings. The summed E-state index contributed by atoms with van der Waals surface area (Å²) in [4.78, 5) is 37.8. The maximum atomic E-state index is 12.8. The molecule has 1 heterocycles. The summed E-state index contributed by atoms with van der Waals surface area (Å²) in [6.07, 6.45) is 1.67. The van der Waals surface area contributed by atoms with Gasteiger partial charge < -0.3 is 10.1 Å². The molecule has 36 heavy (non-hydrogen) atoms. The molecule has 0 saturated carbocycles. The Balaban J connectivity index is 1.34. The van der Waals surface area contributed by atoms with Gasteiger partial charge in [-0.1, -0.05) is 53.7 Å². The molecule has 7 nitrogen and oxygen atoms in total. The van der Waals surface area contributed by atoms with Crippen LogP contribution in [0.25, 0.3) is 6.08 Å². The Bertz CT molecular complexity index is 1360. The zero-order chi connectivity index (χ0) is 25.7. The van der Waals surface area contributed by atoms with Crippen molar-refractivity contribution in [1.82, 2.24) is 10.4 Å². The number of hydrazine groups is 1. The van der Waals surface area contributed by atoms with E-state index in [1.807, 2.05) is 31.2 Å². The topological polar surface area (TPSA) is 87.7 Å². The molecule has 0 radical (unpaired) electrons. The van der Waals surface area contributed by atoms with Gasteiger partial charge in [-0.15, -0.1) is 0 Å². The summed E-state index contributed by atoms with van der Waals surface area (Å²) in [7, 11) is 0. The van der Waals surface area contributed by atoms with E-state index in [-0.39, 0.29) is 16.8 Å². The molecule has 4 rings (SSSR count). The minimum Gasteiger partial charge on any atom is -0.484 e. The van der Waals surface area contributed by atoms with Crippen LogP contribution in [-0.4, -0.2) is 33.7 Å². The number of benzene rings is 3. The minimum atomic E-state index is -0.475. The zero-order valence-corrected chi connectivity index (χ0v) is 21.4. The highest BCUT2D eigenvalue weighted by Crippen LogP contribution is 2.31. The van der Waals surface area contributed by atoms with Crippen molar-refractivity contribution in [2.24, 2.45) is 0 Å². The van der Waals surface area contributed by atoms with Gasteiger partial charge in [0.2, 0.25) is 0 Å². The Kier molecular flexibility index (Phi) is 8.04. The molecular formula is C26H20ClN3O4S2. The Morgan fingerprint density at radius 1 is 1.06 bits per heavy atom. The molecule has 10 heteroatoms. The van der Waals surface area contributed by atoms with Gasteiger partial charge >= 0.3 is 0 Å². The summed E-state index contributed by atoms with van der Waals surface area (Å²) in [6.45, 7) is 1.77. The summed E-state index contributed by atoms with van der Waals surface area (Å²) in [5.74, 6) is -0.662. The maximum Gasteiger partial charge on any atom is 0.285 e. The Morgan fingerprint density at radius 3 is 2.44 bits per heavy atom. The number of para-hydroxylation sites is 1. The van der Waals surface area contributed by atoms with Crippen LogP contribution in [0, 0.1) is 6.92 Å². The number of carbonyl (C=O) groups excluding carboxylic acids is 3. The second-order valence-electron chi connectivity index (χ2n) is 7.69. The first-order valence-corrected chi connectivity index (χ1v) is 12.3. The van der Waals surface area contributed by atoms with E-state index in [4.69, 9.17) is 28.6 Å². The fraction of sp³-hybridized carbons (Fsp3) is 0.0769. The number of nitrogens with one attached hydrogen (secondary N) is 2. The van der Waals surface area contributed by atoms with Crippen molar-refractivity contribution in [1.29, 1.82) is 0 Å². The highest BCUT2D eigenvalue weighted by atomic mass is 35.5. The van der Waals surface area contributed by atoms with Gasteiger partial charge in [0, 0.05) is 16.3 Å². The number of rotatable bonds is 7. The van der Waals surface area contributed by atoms with Crippen LogP contribution in [0.3, 0.4) is 0 Å². The number of amides is 3. The van der Waals surface area contributed by atoms with E-state index < -0.39 is 11.8 Å². The number of carbonyl (C=O) groups is 3. The highest BCUT2D eigenvalue weighted by Gasteiger charge is 2.33. The molecule has 182 valence electrons. The van der Waals surface area contributed by atoms with Gasteiger partial charge in [-0.2, -0.15) is 5.01 Å². The summed E-state index contributed by atoms with van der Waals surface area (Å²) in [5, 5.41) is 4.36. The lowest BCUT2D eigenvalue weighted by atomic mass is 10.2. The van der Waals surface area contributed by atoms with Crippen LogP contribution < -0.4 is 15.5 Å². The molecule has 0 spiro atoms. The van der Waals surface area contributed by atoms with Gasteiger partial charge in [-0.05, 0) is 78.8 Å². The first-order chi connectivity index (χ1) is 17.3. The van der Waals surface area contributed by atoms with Crippen molar-refractivity contribution in [3.8, 4) is 5.75 Å². The first kappa shape index (κ1) is 25.4. The molecule has 3 amide bonds. The molecule has 0 unspecified atom stereocenters. The molecule has 0 aliphatic carbocycles. The predicted octanol–water partition coefficient (Wildman–Crippen LogP) is 5.21. The molecule has 1 aliphatic heterocycles. The van der Waals surface area contributed by atoms with Gasteiger partial charge in [0.15, 0.2) is 10.9 Å². The van der Waals surface area contributed by atoms with Crippen molar-refractivity contribution in [3.63, 3.8) is 0 Å². The van der Waals surface area contributed by atoms with Crippen molar-refractivity contribution >= 4 is 69.4 Å². The van der Waals surface area contributed by atoms with Crippen molar-refractivity contribution in [2.75, 3.05) is 11.9 Å². The number of thioether (sulfide) groups is 1. The van der Waals surface area contributed by atoms with Crippen LogP contribution in [0.5, 0.6) is 5.75 Å².